The second-order valence-electron chi connectivity index (χ2n) is 6.19. The summed E-state index contributed by atoms with van der Waals surface area (Å²) in [6.45, 7) is 0.863. The maximum absolute atomic E-state index is 12.8. The minimum absolute atomic E-state index is 0.0784. The summed E-state index contributed by atoms with van der Waals surface area (Å²) < 4.78 is 9.11. The second-order valence-corrected chi connectivity index (χ2v) is 6.19. The molecule has 2 aliphatic rings. The van der Waals surface area contributed by atoms with Crippen molar-refractivity contribution in [2.75, 3.05) is 26.7 Å². The molecular formula is C17H16N4O5. The van der Waals surface area contributed by atoms with Crippen LogP contribution >= 0.6 is 0 Å². The van der Waals surface area contributed by atoms with E-state index in [1.54, 1.807) is 4.90 Å². The number of aromatic nitrogens is 2. The van der Waals surface area contributed by atoms with E-state index in [-0.39, 0.29) is 29.9 Å². The molecule has 0 radical (unpaired) electrons. The summed E-state index contributed by atoms with van der Waals surface area (Å²) in [5.41, 5.74) is 1.67. The molecule has 9 heteroatoms. The zero-order valence-electron chi connectivity index (χ0n) is 14.0. The van der Waals surface area contributed by atoms with Crippen molar-refractivity contribution in [3.63, 3.8) is 0 Å². The van der Waals surface area contributed by atoms with Gasteiger partial charge in [0.1, 0.15) is 6.54 Å². The Hall–Kier alpha value is -3.23. The molecule has 1 aromatic heterocycles. The summed E-state index contributed by atoms with van der Waals surface area (Å²) in [6, 6.07) is 7.68. The van der Waals surface area contributed by atoms with Crippen molar-refractivity contribution in [3.8, 4) is 0 Å². The Labute approximate surface area is 148 Å². The van der Waals surface area contributed by atoms with Crippen LogP contribution in [-0.2, 0) is 16.0 Å². The van der Waals surface area contributed by atoms with Crippen LogP contribution in [0, 0.1) is 0 Å². The van der Waals surface area contributed by atoms with Crippen molar-refractivity contribution in [1.82, 2.24) is 20.1 Å². The highest BCUT2D eigenvalue weighted by molar-refractivity contribution is 6.03. The van der Waals surface area contributed by atoms with Crippen LogP contribution in [0.5, 0.6) is 0 Å². The van der Waals surface area contributed by atoms with Gasteiger partial charge in [-0.25, -0.2) is 9.42 Å². The van der Waals surface area contributed by atoms with Gasteiger partial charge in [0, 0.05) is 13.1 Å². The predicted octanol–water partition coefficient (Wildman–Crippen LogP) is 0.438. The number of hydrogen-bond acceptors (Lipinski definition) is 7. The van der Waals surface area contributed by atoms with Crippen LogP contribution in [0.2, 0.25) is 0 Å². The lowest BCUT2D eigenvalue weighted by Crippen LogP contribution is -2.55. The van der Waals surface area contributed by atoms with Crippen molar-refractivity contribution in [2.45, 2.75) is 12.5 Å². The number of amides is 2. The zero-order valence-corrected chi connectivity index (χ0v) is 14.0. The Morgan fingerprint density at radius 1 is 1.23 bits per heavy atom. The van der Waals surface area contributed by atoms with Crippen LogP contribution in [-0.4, -0.2) is 64.6 Å². The highest BCUT2D eigenvalue weighted by atomic mass is 16.6. The molecule has 3 heterocycles. The molecule has 26 heavy (non-hydrogen) atoms. The van der Waals surface area contributed by atoms with Crippen LogP contribution in [0.1, 0.15) is 38.1 Å². The van der Waals surface area contributed by atoms with Gasteiger partial charge in [0.25, 0.3) is 5.91 Å². The number of nitrogens with zero attached hydrogens (tertiary/aromatic N) is 4. The first-order chi connectivity index (χ1) is 12.6. The minimum Gasteiger partial charge on any atom is -0.464 e. The molecule has 2 aliphatic heterocycles. The van der Waals surface area contributed by atoms with Crippen LogP contribution in [0.15, 0.2) is 28.9 Å². The average Bonchev–Trinajstić information content (AvgIpc) is 3.16. The standard InChI is InChI=1S/C17H16N4O5/c1-25-17(24)15-14(18-26-19-15)16(23)20-8-12-11-5-3-2-4-10(11)6-7-21(12)13(22)9-20/h2-5,12H,6-9H2,1H3. The highest BCUT2D eigenvalue weighted by Gasteiger charge is 2.40. The maximum Gasteiger partial charge on any atom is 0.362 e. The van der Waals surface area contributed by atoms with E-state index >= 15 is 0 Å². The molecule has 9 nitrogen and oxygen atoms in total. The third-order valence-corrected chi connectivity index (χ3v) is 4.81. The smallest absolute Gasteiger partial charge is 0.362 e. The SMILES string of the molecule is COC(=O)c1nonc1C(=O)N1CC(=O)N2CCc3ccccc3C2C1. The Morgan fingerprint density at radius 2 is 2.00 bits per heavy atom. The molecule has 134 valence electrons. The number of methoxy groups -OCH3 is 1. The topological polar surface area (TPSA) is 106 Å². The number of carbonyl (C=O) groups excluding carboxylic acids is 3. The van der Waals surface area contributed by atoms with Crippen molar-refractivity contribution in [3.05, 3.63) is 46.8 Å². The molecule has 1 aromatic carbocycles. The summed E-state index contributed by atoms with van der Waals surface area (Å²) in [5, 5.41) is 6.97. The number of esters is 1. The molecule has 1 unspecified atom stereocenters. The number of carbonyl (C=O) groups is 3. The number of fused-ring (bicyclic) bond motifs is 3. The molecule has 0 aliphatic carbocycles. The van der Waals surface area contributed by atoms with E-state index in [0.717, 1.165) is 12.0 Å². The van der Waals surface area contributed by atoms with Crippen LogP contribution < -0.4 is 0 Å². The van der Waals surface area contributed by atoms with Crippen LogP contribution in [0.25, 0.3) is 0 Å². The third-order valence-electron chi connectivity index (χ3n) is 4.81. The average molecular weight is 356 g/mol. The van der Waals surface area contributed by atoms with Gasteiger partial charge in [-0.2, -0.15) is 0 Å². The predicted molar refractivity (Wildman–Crippen MR) is 86.1 cm³/mol. The summed E-state index contributed by atoms with van der Waals surface area (Å²) in [4.78, 5) is 40.3. The van der Waals surface area contributed by atoms with Gasteiger partial charge in [0.2, 0.25) is 17.3 Å². The Balaban J connectivity index is 1.64. The van der Waals surface area contributed by atoms with Gasteiger partial charge in [-0.05, 0) is 27.9 Å². The first kappa shape index (κ1) is 16.2. The summed E-state index contributed by atoms with van der Waals surface area (Å²) in [5.74, 6) is -1.54. The fourth-order valence-corrected chi connectivity index (χ4v) is 3.54. The molecule has 0 spiro atoms. The Morgan fingerprint density at radius 3 is 2.81 bits per heavy atom. The summed E-state index contributed by atoms with van der Waals surface area (Å²) in [7, 11) is 1.17. The van der Waals surface area contributed by atoms with E-state index in [0.29, 0.717) is 13.1 Å². The van der Waals surface area contributed by atoms with E-state index in [1.807, 2.05) is 24.3 Å². The molecule has 1 saturated heterocycles. The molecule has 0 saturated carbocycles. The van der Waals surface area contributed by atoms with Crippen LogP contribution in [0.4, 0.5) is 0 Å². The molecule has 1 fully saturated rings. The Kier molecular flexibility index (Phi) is 3.90. The summed E-state index contributed by atoms with van der Waals surface area (Å²) >= 11 is 0. The molecule has 2 amide bonds. The number of rotatable bonds is 2. The van der Waals surface area contributed by atoms with Crippen molar-refractivity contribution < 1.29 is 23.7 Å². The molecule has 1 atom stereocenters. The fraction of sp³-hybridized carbons (Fsp3) is 0.353. The van der Waals surface area contributed by atoms with Gasteiger partial charge in [0.15, 0.2) is 0 Å². The third kappa shape index (κ3) is 2.52. The number of ether oxygens (including phenoxy) is 1. The lowest BCUT2D eigenvalue weighted by molar-refractivity contribution is -0.139. The molecular weight excluding hydrogens is 340 g/mol. The lowest BCUT2D eigenvalue weighted by Gasteiger charge is -2.44. The molecule has 0 bridgehead atoms. The van der Waals surface area contributed by atoms with Gasteiger partial charge in [-0.15, -0.1) is 0 Å². The lowest BCUT2D eigenvalue weighted by atomic mass is 9.90. The molecule has 0 N–H and O–H groups in total. The second kappa shape index (κ2) is 6.25. The maximum atomic E-state index is 12.8. The molecule has 2 aromatic rings. The Bertz CT molecular complexity index is 893. The number of piperazine rings is 1. The first-order valence-corrected chi connectivity index (χ1v) is 8.17. The summed E-state index contributed by atoms with van der Waals surface area (Å²) in [6.07, 6.45) is 0.798. The molecule has 4 rings (SSSR count). The monoisotopic (exact) mass is 356 g/mol. The van der Waals surface area contributed by atoms with Gasteiger partial charge >= 0.3 is 5.97 Å². The fourth-order valence-electron chi connectivity index (χ4n) is 3.54. The van der Waals surface area contributed by atoms with E-state index < -0.39 is 11.9 Å². The van der Waals surface area contributed by atoms with E-state index in [2.05, 4.69) is 19.7 Å². The van der Waals surface area contributed by atoms with Gasteiger partial charge in [-0.3, -0.25) is 9.59 Å². The van der Waals surface area contributed by atoms with Gasteiger partial charge < -0.3 is 14.5 Å². The number of benzene rings is 1. The quantitative estimate of drug-likeness (QED) is 0.719. The zero-order chi connectivity index (χ0) is 18.3. The van der Waals surface area contributed by atoms with Crippen LogP contribution in [0.3, 0.4) is 0 Å². The van der Waals surface area contributed by atoms with Crippen molar-refractivity contribution >= 4 is 17.8 Å². The van der Waals surface area contributed by atoms with Crippen molar-refractivity contribution in [1.29, 1.82) is 0 Å². The van der Waals surface area contributed by atoms with E-state index in [4.69, 9.17) is 0 Å². The highest BCUT2D eigenvalue weighted by Crippen LogP contribution is 2.33. The number of hydrogen-bond donors (Lipinski definition) is 0. The van der Waals surface area contributed by atoms with Gasteiger partial charge in [-0.1, -0.05) is 24.3 Å². The van der Waals surface area contributed by atoms with Gasteiger partial charge in [0.05, 0.1) is 13.2 Å². The van der Waals surface area contributed by atoms with E-state index in [9.17, 15) is 14.4 Å². The normalized spacial score (nSPS) is 19.0. The largest absolute Gasteiger partial charge is 0.464 e. The minimum atomic E-state index is -0.817. The van der Waals surface area contributed by atoms with E-state index in [1.165, 1.54) is 17.6 Å². The first-order valence-electron chi connectivity index (χ1n) is 8.17. The van der Waals surface area contributed by atoms with Crippen molar-refractivity contribution in [2.24, 2.45) is 0 Å².